The van der Waals surface area contributed by atoms with Crippen LogP contribution in [-0.2, 0) is 11.3 Å². The number of aromatic nitrogens is 1. The molecule has 2 heterocycles. The summed E-state index contributed by atoms with van der Waals surface area (Å²) in [7, 11) is 3.65. The van der Waals surface area contributed by atoms with Crippen LogP contribution in [0.4, 0.5) is 0 Å². The second-order valence-electron chi connectivity index (χ2n) is 4.96. The lowest BCUT2D eigenvalue weighted by atomic mass is 9.91. The molecule has 1 aliphatic heterocycles. The van der Waals surface area contributed by atoms with Gasteiger partial charge in [-0.05, 0) is 19.9 Å². The number of hydrogen-bond acceptors (Lipinski definition) is 5. The van der Waals surface area contributed by atoms with E-state index in [4.69, 9.17) is 0 Å². The van der Waals surface area contributed by atoms with Crippen LogP contribution in [0.15, 0.2) is 11.6 Å². The topological polar surface area (TPSA) is 56.7 Å². The fourth-order valence-electron chi connectivity index (χ4n) is 2.38. The smallest absolute Gasteiger partial charge is 0.255 e. The fourth-order valence-corrected chi connectivity index (χ4v) is 3.08. The third-order valence-corrected chi connectivity index (χ3v) is 4.01. The first-order chi connectivity index (χ1) is 8.51. The van der Waals surface area contributed by atoms with Gasteiger partial charge in [0.1, 0.15) is 5.01 Å². The molecule has 5 nitrogen and oxygen atoms in total. The molecule has 1 aliphatic rings. The number of nitrogens with zero attached hydrogens (tertiary/aromatic N) is 3. The Morgan fingerprint density at radius 3 is 3.11 bits per heavy atom. The molecule has 0 radical (unpaired) electrons. The van der Waals surface area contributed by atoms with Gasteiger partial charge in [0.25, 0.3) is 5.91 Å². The molecule has 0 spiro atoms. The Kier molecular flexibility index (Phi) is 3.99. The van der Waals surface area contributed by atoms with Crippen LogP contribution in [-0.4, -0.2) is 58.6 Å². The van der Waals surface area contributed by atoms with Crippen LogP contribution < -0.4 is 0 Å². The molecule has 0 saturated carbocycles. The summed E-state index contributed by atoms with van der Waals surface area (Å²) in [6, 6.07) is 0. The highest BCUT2D eigenvalue weighted by Crippen LogP contribution is 2.23. The van der Waals surface area contributed by atoms with Gasteiger partial charge in [0.15, 0.2) is 5.60 Å². The number of thiazole rings is 1. The molecular formula is C12H19N3O2S. The van der Waals surface area contributed by atoms with E-state index in [0.717, 1.165) is 18.0 Å². The Labute approximate surface area is 111 Å². The van der Waals surface area contributed by atoms with E-state index in [2.05, 4.69) is 4.98 Å². The van der Waals surface area contributed by atoms with E-state index < -0.39 is 5.60 Å². The zero-order valence-electron chi connectivity index (χ0n) is 10.8. The van der Waals surface area contributed by atoms with E-state index in [1.54, 1.807) is 29.5 Å². The number of likely N-dealkylation sites (N-methyl/N-ethyl adjacent to an activating group) is 2. The van der Waals surface area contributed by atoms with Crippen LogP contribution in [0.1, 0.15) is 17.8 Å². The summed E-state index contributed by atoms with van der Waals surface area (Å²) in [5, 5.41) is 13.4. The molecule has 2 rings (SSSR count). The number of piperidine rings is 1. The molecule has 100 valence electrons. The summed E-state index contributed by atoms with van der Waals surface area (Å²) < 4.78 is 0. The van der Waals surface area contributed by atoms with Gasteiger partial charge in [-0.3, -0.25) is 9.69 Å². The van der Waals surface area contributed by atoms with Gasteiger partial charge in [-0.1, -0.05) is 0 Å². The number of amides is 1. The highest BCUT2D eigenvalue weighted by Gasteiger charge is 2.41. The molecule has 1 aromatic heterocycles. The van der Waals surface area contributed by atoms with Crippen molar-refractivity contribution in [3.8, 4) is 0 Å². The molecule has 0 aliphatic carbocycles. The summed E-state index contributed by atoms with van der Waals surface area (Å²) in [5.74, 6) is -0.167. The minimum atomic E-state index is -1.24. The van der Waals surface area contributed by atoms with Crippen molar-refractivity contribution in [1.82, 2.24) is 14.8 Å². The van der Waals surface area contributed by atoms with Crippen molar-refractivity contribution < 1.29 is 9.90 Å². The lowest BCUT2D eigenvalue weighted by Crippen LogP contribution is -2.56. The first-order valence-corrected chi connectivity index (χ1v) is 6.94. The van der Waals surface area contributed by atoms with Gasteiger partial charge < -0.3 is 10.0 Å². The quantitative estimate of drug-likeness (QED) is 0.867. The molecule has 0 bridgehead atoms. The Bertz CT molecular complexity index is 409. The molecule has 6 heteroatoms. The van der Waals surface area contributed by atoms with E-state index >= 15 is 0 Å². The van der Waals surface area contributed by atoms with Crippen LogP contribution in [0.2, 0.25) is 0 Å². The minimum Gasteiger partial charge on any atom is -0.379 e. The number of rotatable bonds is 4. The molecule has 18 heavy (non-hydrogen) atoms. The van der Waals surface area contributed by atoms with Crippen LogP contribution in [0, 0.1) is 0 Å². The second-order valence-corrected chi connectivity index (χ2v) is 5.94. The van der Waals surface area contributed by atoms with E-state index in [1.807, 2.05) is 17.3 Å². The van der Waals surface area contributed by atoms with Gasteiger partial charge in [0.2, 0.25) is 0 Å². The predicted octanol–water partition coefficient (Wildman–Crippen LogP) is 0.558. The average Bonchev–Trinajstić information content (AvgIpc) is 2.78. The zero-order valence-corrected chi connectivity index (χ0v) is 11.6. The van der Waals surface area contributed by atoms with E-state index in [1.165, 1.54) is 0 Å². The van der Waals surface area contributed by atoms with Crippen molar-refractivity contribution in [2.75, 3.05) is 27.2 Å². The Morgan fingerprint density at radius 2 is 2.44 bits per heavy atom. The lowest BCUT2D eigenvalue weighted by molar-refractivity contribution is -0.157. The number of hydrogen-bond donors (Lipinski definition) is 1. The zero-order chi connectivity index (χ0) is 13.2. The normalized spacial score (nSPS) is 24.9. The standard InChI is InChI=1S/C12H19N3O2S/c1-14(8-10-13-5-7-18-10)9-12(17)4-3-6-15(2)11(12)16/h5,7,17H,3-4,6,8-9H2,1-2H3/t12-/m0/s1. The minimum absolute atomic E-state index is 0.167. The summed E-state index contributed by atoms with van der Waals surface area (Å²) in [4.78, 5) is 19.8. The highest BCUT2D eigenvalue weighted by atomic mass is 32.1. The van der Waals surface area contributed by atoms with Crippen LogP contribution in [0.25, 0.3) is 0 Å². The molecule has 1 N–H and O–H groups in total. The summed E-state index contributed by atoms with van der Waals surface area (Å²) in [5.41, 5.74) is -1.24. The number of carbonyl (C=O) groups excluding carboxylic acids is 1. The highest BCUT2D eigenvalue weighted by molar-refractivity contribution is 7.09. The van der Waals surface area contributed by atoms with Crippen LogP contribution >= 0.6 is 11.3 Å². The maximum atomic E-state index is 12.0. The fraction of sp³-hybridized carbons (Fsp3) is 0.667. The van der Waals surface area contributed by atoms with Gasteiger partial charge in [0, 0.05) is 31.7 Å². The van der Waals surface area contributed by atoms with E-state index in [-0.39, 0.29) is 5.91 Å². The summed E-state index contributed by atoms with van der Waals surface area (Å²) in [6.07, 6.45) is 3.16. The molecule has 0 unspecified atom stereocenters. The van der Waals surface area contributed by atoms with Crippen molar-refractivity contribution in [3.05, 3.63) is 16.6 Å². The Morgan fingerprint density at radius 1 is 1.67 bits per heavy atom. The first-order valence-electron chi connectivity index (χ1n) is 6.06. The number of aliphatic hydroxyl groups is 1. The van der Waals surface area contributed by atoms with Crippen molar-refractivity contribution in [2.45, 2.75) is 25.0 Å². The maximum absolute atomic E-state index is 12.0. The van der Waals surface area contributed by atoms with Crippen molar-refractivity contribution >= 4 is 17.2 Å². The lowest BCUT2D eigenvalue weighted by Gasteiger charge is -2.38. The first kappa shape index (κ1) is 13.5. The van der Waals surface area contributed by atoms with Gasteiger partial charge in [-0.15, -0.1) is 11.3 Å². The van der Waals surface area contributed by atoms with E-state index in [0.29, 0.717) is 19.5 Å². The van der Waals surface area contributed by atoms with Gasteiger partial charge in [0.05, 0.1) is 6.54 Å². The third-order valence-electron chi connectivity index (χ3n) is 3.25. The largest absolute Gasteiger partial charge is 0.379 e. The van der Waals surface area contributed by atoms with Crippen LogP contribution in [0.5, 0.6) is 0 Å². The second kappa shape index (κ2) is 5.34. The van der Waals surface area contributed by atoms with Gasteiger partial charge in [-0.25, -0.2) is 4.98 Å². The van der Waals surface area contributed by atoms with Gasteiger partial charge in [-0.2, -0.15) is 0 Å². The third kappa shape index (κ3) is 2.88. The van der Waals surface area contributed by atoms with Crippen LogP contribution in [0.3, 0.4) is 0 Å². The number of carbonyl (C=O) groups is 1. The summed E-state index contributed by atoms with van der Waals surface area (Å²) in [6.45, 7) is 1.75. The predicted molar refractivity (Wildman–Crippen MR) is 70.3 cm³/mol. The molecule has 1 fully saturated rings. The SMILES string of the molecule is CN(Cc1nccs1)C[C@@]1(O)CCCN(C)C1=O. The molecule has 1 atom stereocenters. The Hall–Kier alpha value is -0.980. The van der Waals surface area contributed by atoms with Gasteiger partial charge >= 0.3 is 0 Å². The monoisotopic (exact) mass is 269 g/mol. The van der Waals surface area contributed by atoms with Crippen molar-refractivity contribution in [2.24, 2.45) is 0 Å². The summed E-state index contributed by atoms with van der Waals surface area (Å²) >= 11 is 1.58. The molecule has 1 aromatic rings. The molecular weight excluding hydrogens is 250 g/mol. The van der Waals surface area contributed by atoms with Crippen molar-refractivity contribution in [1.29, 1.82) is 0 Å². The van der Waals surface area contributed by atoms with Crippen molar-refractivity contribution in [3.63, 3.8) is 0 Å². The molecule has 0 aromatic carbocycles. The number of likely N-dealkylation sites (tertiary alicyclic amines) is 1. The average molecular weight is 269 g/mol. The maximum Gasteiger partial charge on any atom is 0.255 e. The molecule has 1 amide bonds. The molecule has 1 saturated heterocycles. The Balaban J connectivity index is 1.96. The van der Waals surface area contributed by atoms with E-state index in [9.17, 15) is 9.90 Å².